The molecule has 1 aliphatic rings. The van der Waals surface area contributed by atoms with Gasteiger partial charge in [0.2, 0.25) is 0 Å². The van der Waals surface area contributed by atoms with Crippen LogP contribution in [-0.2, 0) is 26.8 Å². The zero-order valence-corrected chi connectivity index (χ0v) is 20.0. The summed E-state index contributed by atoms with van der Waals surface area (Å²) in [4.78, 5) is 15.6. The third kappa shape index (κ3) is 6.52. The first-order valence-electron chi connectivity index (χ1n) is 10.5. The van der Waals surface area contributed by atoms with E-state index in [-0.39, 0.29) is 23.9 Å². The van der Waals surface area contributed by atoms with E-state index < -0.39 is 36.3 Å². The first-order valence-corrected chi connectivity index (χ1v) is 10.9. The van der Waals surface area contributed by atoms with E-state index in [1.54, 1.807) is 0 Å². The highest BCUT2D eigenvalue weighted by molar-refractivity contribution is 6.56. The van der Waals surface area contributed by atoms with E-state index in [2.05, 4.69) is 10.3 Å². The lowest BCUT2D eigenvalue weighted by Gasteiger charge is -2.32. The number of nitrogens with zero attached hydrogens (tertiary/aromatic N) is 1. The van der Waals surface area contributed by atoms with Crippen LogP contribution in [0.1, 0.15) is 44.5 Å². The topological polar surface area (TPSA) is 69.7 Å². The molecule has 1 aromatic heterocycles. The fourth-order valence-corrected chi connectivity index (χ4v) is 3.32. The van der Waals surface area contributed by atoms with Crippen LogP contribution in [0.5, 0.6) is 0 Å². The highest BCUT2D eigenvalue weighted by Crippen LogP contribution is 2.39. The van der Waals surface area contributed by atoms with E-state index in [9.17, 15) is 18.0 Å². The summed E-state index contributed by atoms with van der Waals surface area (Å²) in [7, 11) is -0.916. The average Bonchev–Trinajstić information content (AvgIpc) is 2.96. The van der Waals surface area contributed by atoms with Gasteiger partial charge in [-0.05, 0) is 56.4 Å². The van der Waals surface area contributed by atoms with Crippen molar-refractivity contribution < 1.29 is 32.0 Å². The molecule has 3 rings (SSSR count). The van der Waals surface area contributed by atoms with E-state index in [0.29, 0.717) is 5.47 Å². The largest absolute Gasteiger partial charge is 0.492 e. The molecular weight excluding hydrogens is 472 g/mol. The fourth-order valence-electron chi connectivity index (χ4n) is 3.10. The Balaban J connectivity index is 1.82. The van der Waals surface area contributed by atoms with E-state index in [4.69, 9.17) is 25.6 Å². The van der Waals surface area contributed by atoms with Gasteiger partial charge in [0.1, 0.15) is 17.5 Å². The molecule has 182 valence electrons. The summed E-state index contributed by atoms with van der Waals surface area (Å²) < 4.78 is 56.9. The molecule has 1 aromatic carbocycles. The zero-order chi connectivity index (χ0) is 25.1. The number of carbonyl (C=O) groups excluding carboxylic acids is 1. The van der Waals surface area contributed by atoms with Gasteiger partial charge in [0.25, 0.3) is 0 Å². The smallest absolute Gasteiger partial charge is 0.445 e. The number of aromatic nitrogens is 1. The minimum Gasteiger partial charge on any atom is -0.445 e. The molecule has 1 amide bonds. The van der Waals surface area contributed by atoms with Gasteiger partial charge in [0.15, 0.2) is 0 Å². The number of amides is 1. The van der Waals surface area contributed by atoms with Crippen LogP contribution in [0.2, 0.25) is 5.15 Å². The first-order chi connectivity index (χ1) is 15.8. The van der Waals surface area contributed by atoms with E-state index in [1.165, 1.54) is 12.1 Å². The van der Waals surface area contributed by atoms with Crippen LogP contribution >= 0.6 is 11.6 Å². The van der Waals surface area contributed by atoms with Crippen molar-refractivity contribution in [3.05, 3.63) is 69.9 Å². The molecule has 1 N–H and O–H groups in total. The zero-order valence-electron chi connectivity index (χ0n) is 19.2. The second kappa shape index (κ2) is 9.97. The van der Waals surface area contributed by atoms with Crippen LogP contribution in [0.4, 0.5) is 18.0 Å². The number of alkyl halides is 3. The number of benzene rings is 1. The molecule has 1 aliphatic heterocycles. The Hall–Kier alpha value is -2.56. The lowest BCUT2D eigenvalue weighted by Crippen LogP contribution is -2.41. The Labute approximate surface area is 201 Å². The minimum absolute atomic E-state index is 0.0666. The molecule has 2 aromatic rings. The molecule has 11 heteroatoms. The molecule has 1 fully saturated rings. The van der Waals surface area contributed by atoms with Gasteiger partial charge in [0.05, 0.1) is 11.2 Å². The van der Waals surface area contributed by atoms with Crippen molar-refractivity contribution in [1.82, 2.24) is 10.3 Å². The first kappa shape index (κ1) is 26.1. The van der Waals surface area contributed by atoms with Crippen molar-refractivity contribution >= 4 is 30.9 Å². The molecule has 1 saturated heterocycles. The molecule has 0 spiro atoms. The van der Waals surface area contributed by atoms with Crippen LogP contribution in [0.3, 0.4) is 0 Å². The number of nitrogens with one attached hydrogen (secondary N) is 1. The van der Waals surface area contributed by atoms with E-state index >= 15 is 0 Å². The van der Waals surface area contributed by atoms with Crippen LogP contribution in [0.25, 0.3) is 6.08 Å². The summed E-state index contributed by atoms with van der Waals surface area (Å²) in [6.45, 7) is 7.35. The Bertz CT molecular complexity index is 1050. The van der Waals surface area contributed by atoms with Crippen LogP contribution < -0.4 is 5.32 Å². The van der Waals surface area contributed by atoms with Crippen molar-refractivity contribution in [2.24, 2.45) is 0 Å². The maximum Gasteiger partial charge on any atom is 0.492 e. The number of carbonyl (C=O) groups is 1. The van der Waals surface area contributed by atoms with Gasteiger partial charge in [-0.2, -0.15) is 13.2 Å². The van der Waals surface area contributed by atoms with Crippen molar-refractivity contribution in [3.8, 4) is 0 Å². The van der Waals surface area contributed by atoms with Gasteiger partial charge >= 0.3 is 19.4 Å². The Morgan fingerprint density at radius 3 is 2.35 bits per heavy atom. The quantitative estimate of drug-likeness (QED) is 0.411. The third-order valence-corrected chi connectivity index (χ3v) is 5.86. The molecule has 2 heterocycles. The maximum atomic E-state index is 13.2. The number of pyridine rings is 1. The molecule has 6 nitrogen and oxygen atoms in total. The van der Waals surface area contributed by atoms with Crippen molar-refractivity contribution in [2.45, 2.75) is 51.7 Å². The highest BCUT2D eigenvalue weighted by atomic mass is 35.5. The summed E-state index contributed by atoms with van der Waals surface area (Å²) in [6.07, 6.45) is -3.94. The summed E-state index contributed by atoms with van der Waals surface area (Å²) in [6, 6.07) is 11.3. The Morgan fingerprint density at radius 1 is 1.15 bits per heavy atom. The van der Waals surface area contributed by atoms with Gasteiger partial charge in [-0.1, -0.05) is 48.0 Å². The van der Waals surface area contributed by atoms with Crippen molar-refractivity contribution in [2.75, 3.05) is 6.54 Å². The second-order valence-corrected chi connectivity index (χ2v) is 9.22. The van der Waals surface area contributed by atoms with Crippen molar-refractivity contribution in [1.29, 1.82) is 0 Å². The summed E-state index contributed by atoms with van der Waals surface area (Å²) in [5, 5.41) is 2.29. The molecule has 0 saturated carbocycles. The molecule has 0 atom stereocenters. The van der Waals surface area contributed by atoms with Crippen LogP contribution in [-0.4, -0.2) is 35.9 Å². The Morgan fingerprint density at radius 2 is 1.76 bits per heavy atom. The van der Waals surface area contributed by atoms with Gasteiger partial charge in [-0.15, -0.1) is 0 Å². The maximum absolute atomic E-state index is 13.2. The second-order valence-electron chi connectivity index (χ2n) is 8.83. The fraction of sp³-hybridized carbons (Fsp3) is 0.391. The van der Waals surface area contributed by atoms with Gasteiger partial charge in [0, 0.05) is 6.54 Å². The van der Waals surface area contributed by atoms with Crippen molar-refractivity contribution in [3.63, 3.8) is 0 Å². The molecule has 0 aliphatic carbocycles. The number of hydrogen-bond acceptors (Lipinski definition) is 5. The normalized spacial score (nSPS) is 17.5. The van der Waals surface area contributed by atoms with Crippen LogP contribution in [0, 0.1) is 0 Å². The molecule has 0 unspecified atom stereocenters. The summed E-state index contributed by atoms with van der Waals surface area (Å²) in [5.74, 6) is 0. The predicted octanol–water partition coefficient (Wildman–Crippen LogP) is 5.70. The number of rotatable bonds is 6. The lowest BCUT2D eigenvalue weighted by molar-refractivity contribution is -0.141. The average molecular weight is 497 g/mol. The number of halogens is 4. The molecule has 0 radical (unpaired) electrons. The summed E-state index contributed by atoms with van der Waals surface area (Å²) in [5.41, 5.74) is -1.20. The number of ether oxygens (including phenoxy) is 1. The SMILES string of the molecule is CC1(C)OB(C(=Cc2cc(Cl)nc(C(F)(F)F)c2)CNC(=O)OCc2ccccc2)OC1(C)C. The van der Waals surface area contributed by atoms with Crippen LogP contribution in [0.15, 0.2) is 47.9 Å². The molecule has 0 bridgehead atoms. The predicted molar refractivity (Wildman–Crippen MR) is 123 cm³/mol. The standard InChI is InChI=1S/C23H25BClF3N2O4/c1-21(2)22(3,4)34-24(33-21)17(10-16-11-18(23(26,27)28)30-19(25)12-16)13-29-20(31)32-14-15-8-6-5-7-9-15/h5-12H,13-14H2,1-4H3,(H,29,31). The molecule has 34 heavy (non-hydrogen) atoms. The monoisotopic (exact) mass is 496 g/mol. The van der Waals surface area contributed by atoms with Gasteiger partial charge in [-0.3, -0.25) is 0 Å². The Kier molecular flexibility index (Phi) is 7.64. The third-order valence-electron chi connectivity index (χ3n) is 5.66. The highest BCUT2D eigenvalue weighted by Gasteiger charge is 2.52. The van der Waals surface area contributed by atoms with E-state index in [1.807, 2.05) is 58.0 Å². The summed E-state index contributed by atoms with van der Waals surface area (Å²) >= 11 is 5.82. The lowest BCUT2D eigenvalue weighted by atomic mass is 9.77. The van der Waals surface area contributed by atoms with E-state index in [0.717, 1.165) is 11.6 Å². The molecular formula is C23H25BClF3N2O4. The minimum atomic E-state index is -4.67. The number of alkyl carbamates (subject to hydrolysis) is 1. The number of hydrogen-bond donors (Lipinski definition) is 1. The van der Waals surface area contributed by atoms with Gasteiger partial charge < -0.3 is 19.4 Å². The van der Waals surface area contributed by atoms with Gasteiger partial charge in [-0.25, -0.2) is 9.78 Å².